The van der Waals surface area contributed by atoms with E-state index >= 15 is 0 Å². The summed E-state index contributed by atoms with van der Waals surface area (Å²) in [5, 5.41) is 32.1. The van der Waals surface area contributed by atoms with Crippen LogP contribution in [-0.4, -0.2) is 191 Å². The standard InChI is InChI=1S/C23H27N5O8S2.C22H28N6O9S2.CH4/c1-37(33,34)19-6-2-17(3-7-19)25-21(30)14-26(12-13-29)10-11-27-15-22(31)28(23(32)16-27)18-4-8-20(9-5-18)38(24,35)36;23-38(34,35)18-5-1-16(2-6-18)25-20(30)13-27(11-12-29)9-10-28(15-22(32)33)14-21(31)26-17-3-7-19(8-4-17)39(24,36)37;/h2-9,13H,10-12,14-16H2,1H3,(H,25,30)(H2,24,35,36);1-8,12H,9-11,13-15H2,(H,25,30)(H,26,31)(H,32,33)(H2,23,34,35)(H2,24,36,37);1H4. The van der Waals surface area contributed by atoms with Gasteiger partial charge in [0.15, 0.2) is 9.84 Å². The van der Waals surface area contributed by atoms with Crippen LogP contribution >= 0.6 is 0 Å². The third kappa shape index (κ3) is 21.6. The number of imide groups is 1. The van der Waals surface area contributed by atoms with Crippen molar-refractivity contribution >= 4 is 111 Å². The number of sulfonamides is 3. The van der Waals surface area contributed by atoms with Gasteiger partial charge in [0.2, 0.25) is 59.6 Å². The van der Waals surface area contributed by atoms with Crippen LogP contribution in [0.4, 0.5) is 22.7 Å². The Morgan fingerprint density at radius 1 is 0.526 bits per heavy atom. The van der Waals surface area contributed by atoms with E-state index in [2.05, 4.69) is 16.0 Å². The Bertz CT molecular complexity index is 3240. The van der Waals surface area contributed by atoms with Gasteiger partial charge in [0.1, 0.15) is 12.6 Å². The van der Waals surface area contributed by atoms with Crippen molar-refractivity contribution in [2.24, 2.45) is 15.4 Å². The number of nitrogens with one attached hydrogen (secondary N) is 3. The molecule has 0 radical (unpaired) electrons. The first-order valence-electron chi connectivity index (χ1n) is 22.4. The zero-order chi connectivity index (χ0) is 57.3. The first kappa shape index (κ1) is 65.0. The van der Waals surface area contributed by atoms with Crippen LogP contribution in [0.15, 0.2) is 117 Å². The van der Waals surface area contributed by atoms with Crippen molar-refractivity contribution in [2.75, 3.05) is 106 Å². The summed E-state index contributed by atoms with van der Waals surface area (Å²) in [7, 11) is -15.1. The highest BCUT2D eigenvalue weighted by molar-refractivity contribution is 7.90. The lowest BCUT2D eigenvalue weighted by Gasteiger charge is -2.33. The van der Waals surface area contributed by atoms with E-state index in [1.54, 1.807) is 9.80 Å². The predicted molar refractivity (Wildman–Crippen MR) is 284 cm³/mol. The van der Waals surface area contributed by atoms with Gasteiger partial charge in [-0.2, -0.15) is 0 Å². The maximum atomic E-state index is 12.7. The number of carboxylic acid groups (broad SMARTS) is 1. The molecule has 28 nitrogen and oxygen atoms in total. The van der Waals surface area contributed by atoms with Crippen molar-refractivity contribution in [1.29, 1.82) is 0 Å². The molecule has 78 heavy (non-hydrogen) atoms. The minimum absolute atomic E-state index is 0. The number of primary sulfonamides is 3. The van der Waals surface area contributed by atoms with Crippen molar-refractivity contribution in [2.45, 2.75) is 27.0 Å². The quantitative estimate of drug-likeness (QED) is 0.0268. The van der Waals surface area contributed by atoms with Crippen molar-refractivity contribution in [3.8, 4) is 0 Å². The number of benzene rings is 4. The van der Waals surface area contributed by atoms with Crippen LogP contribution in [0.2, 0.25) is 0 Å². The van der Waals surface area contributed by atoms with Crippen molar-refractivity contribution in [3.63, 3.8) is 0 Å². The molecule has 0 bridgehead atoms. The largest absolute Gasteiger partial charge is 0.480 e. The molecule has 1 saturated heterocycles. The lowest BCUT2D eigenvalue weighted by molar-refractivity contribution is -0.139. The monoisotopic (exact) mass is 1170 g/mol. The topological polar surface area (TPSA) is 424 Å². The number of aliphatic carboxylic acids is 1. The number of sulfone groups is 1. The summed E-state index contributed by atoms with van der Waals surface area (Å²) >= 11 is 0. The minimum Gasteiger partial charge on any atom is -0.480 e. The Morgan fingerprint density at radius 3 is 1.18 bits per heavy atom. The molecular formula is C46H59N11O17S4. The summed E-state index contributed by atoms with van der Waals surface area (Å²) in [5.41, 5.74) is 1.16. The average Bonchev–Trinajstić information content (AvgIpc) is 3.32. The number of hydrogen-bond donors (Lipinski definition) is 7. The number of carbonyl (C=O) groups excluding carboxylic acids is 7. The van der Waals surface area contributed by atoms with Gasteiger partial charge in [-0.1, -0.05) is 7.43 Å². The number of carbonyl (C=O) groups is 8. The summed E-state index contributed by atoms with van der Waals surface area (Å²) in [6.07, 6.45) is 2.27. The van der Waals surface area contributed by atoms with Gasteiger partial charge in [0, 0.05) is 49.5 Å². The molecule has 1 aliphatic rings. The second-order valence-corrected chi connectivity index (χ2v) is 23.6. The number of aldehydes is 2. The molecule has 0 aromatic heterocycles. The number of carboxylic acids is 1. The molecule has 4 aromatic carbocycles. The van der Waals surface area contributed by atoms with E-state index in [9.17, 15) is 77.1 Å². The number of hydrogen-bond acceptors (Lipinski definition) is 20. The zero-order valence-electron chi connectivity index (χ0n) is 41.0. The molecule has 10 N–H and O–H groups in total. The van der Waals surface area contributed by atoms with Gasteiger partial charge in [-0.05, 0) is 97.1 Å². The molecule has 1 aliphatic heterocycles. The van der Waals surface area contributed by atoms with E-state index < -0.39 is 82.0 Å². The van der Waals surface area contributed by atoms with Gasteiger partial charge in [0.25, 0.3) is 0 Å². The van der Waals surface area contributed by atoms with Crippen molar-refractivity contribution < 1.29 is 77.1 Å². The number of piperazine rings is 1. The average molecular weight is 1170 g/mol. The summed E-state index contributed by atoms with van der Waals surface area (Å²) in [6.45, 7) is -1.16. The first-order chi connectivity index (χ1) is 35.9. The molecule has 1 fully saturated rings. The molecule has 0 atom stereocenters. The number of nitrogens with two attached hydrogens (primary N) is 3. The Balaban J connectivity index is 0.000000405. The molecule has 1 heterocycles. The molecule has 5 rings (SSSR count). The predicted octanol–water partition coefficient (Wildman–Crippen LogP) is -1.87. The highest BCUT2D eigenvalue weighted by atomic mass is 32.2. The molecule has 424 valence electrons. The van der Waals surface area contributed by atoms with Crippen LogP contribution in [0.1, 0.15) is 7.43 Å². The third-order valence-corrected chi connectivity index (χ3v) is 14.6. The van der Waals surface area contributed by atoms with Crippen LogP contribution in [0.25, 0.3) is 0 Å². The van der Waals surface area contributed by atoms with E-state index in [0.717, 1.165) is 11.2 Å². The second-order valence-electron chi connectivity index (χ2n) is 16.9. The van der Waals surface area contributed by atoms with Crippen LogP contribution in [0.5, 0.6) is 0 Å². The highest BCUT2D eigenvalue weighted by Crippen LogP contribution is 2.21. The van der Waals surface area contributed by atoms with Crippen LogP contribution in [0, 0.1) is 0 Å². The maximum absolute atomic E-state index is 12.7. The lowest BCUT2D eigenvalue weighted by Crippen LogP contribution is -2.55. The zero-order valence-corrected chi connectivity index (χ0v) is 44.2. The fourth-order valence-corrected chi connectivity index (χ4v) is 9.23. The van der Waals surface area contributed by atoms with Crippen LogP contribution in [-0.2, 0) is 78.3 Å². The van der Waals surface area contributed by atoms with Gasteiger partial charge in [-0.3, -0.25) is 48.4 Å². The first-order valence-corrected chi connectivity index (χ1v) is 28.9. The second kappa shape index (κ2) is 28.9. The Morgan fingerprint density at radius 2 is 0.846 bits per heavy atom. The SMILES string of the molecule is C.CS(=O)(=O)c1ccc(NC(=O)CN(CC=O)CCN2CC(=O)N(c3ccc(S(N)(=O)=O)cc3)C(=O)C2)cc1.NS(=O)(=O)c1ccc(NC(=O)CN(CC=O)CCN(CC(=O)O)CC(=O)Nc2ccc(S(N)(=O)=O)cc2)cc1. The Hall–Kier alpha value is -7.24. The fraction of sp³-hybridized carbons (Fsp3) is 0.304. The van der Waals surface area contributed by atoms with E-state index in [4.69, 9.17) is 15.4 Å². The van der Waals surface area contributed by atoms with Crippen LogP contribution in [0.3, 0.4) is 0 Å². The Kier molecular flexibility index (Phi) is 24.1. The smallest absolute Gasteiger partial charge is 0.317 e. The number of nitrogens with zero attached hydrogens (tertiary/aromatic N) is 5. The van der Waals surface area contributed by atoms with E-state index in [0.29, 0.717) is 23.9 Å². The van der Waals surface area contributed by atoms with Crippen molar-refractivity contribution in [1.82, 2.24) is 19.6 Å². The lowest BCUT2D eigenvalue weighted by atomic mass is 10.2. The molecule has 0 unspecified atom stereocenters. The Labute approximate surface area is 450 Å². The molecule has 0 saturated carbocycles. The van der Waals surface area contributed by atoms with E-state index in [-0.39, 0.29) is 110 Å². The fourth-order valence-electron chi connectivity index (χ4n) is 7.05. The molecule has 4 aromatic rings. The number of rotatable bonds is 26. The summed E-state index contributed by atoms with van der Waals surface area (Å²) in [6, 6.07) is 20.9. The van der Waals surface area contributed by atoms with Crippen molar-refractivity contribution in [3.05, 3.63) is 97.1 Å². The van der Waals surface area contributed by atoms with Gasteiger partial charge in [-0.15, -0.1) is 0 Å². The highest BCUT2D eigenvalue weighted by Gasteiger charge is 2.32. The summed E-state index contributed by atoms with van der Waals surface area (Å²) in [5.74, 6) is -3.77. The van der Waals surface area contributed by atoms with Gasteiger partial charge in [-0.25, -0.2) is 54.0 Å². The van der Waals surface area contributed by atoms with E-state index in [1.165, 1.54) is 107 Å². The summed E-state index contributed by atoms with van der Waals surface area (Å²) < 4.78 is 91.3. The molecule has 32 heteroatoms. The van der Waals surface area contributed by atoms with Gasteiger partial charge < -0.3 is 30.6 Å². The number of amides is 5. The molecule has 0 aliphatic carbocycles. The van der Waals surface area contributed by atoms with Gasteiger partial charge >= 0.3 is 5.97 Å². The minimum atomic E-state index is -3.92. The molecule has 0 spiro atoms. The molecule has 5 amide bonds. The summed E-state index contributed by atoms with van der Waals surface area (Å²) in [4.78, 5) is 103. The van der Waals surface area contributed by atoms with Crippen LogP contribution < -0.4 is 36.3 Å². The van der Waals surface area contributed by atoms with E-state index in [1.807, 2.05) is 0 Å². The maximum Gasteiger partial charge on any atom is 0.317 e. The molecular weight excluding hydrogens is 1110 g/mol. The number of anilines is 4. The van der Waals surface area contributed by atoms with Gasteiger partial charge in [0.05, 0.1) is 77.6 Å². The third-order valence-electron chi connectivity index (χ3n) is 10.7. The normalized spacial score (nSPS) is 13.2.